The van der Waals surface area contributed by atoms with Crippen LogP contribution < -0.4 is 4.90 Å². The second-order valence-electron chi connectivity index (χ2n) is 9.28. The molecule has 0 bridgehead atoms. The zero-order valence-corrected chi connectivity index (χ0v) is 20.8. The minimum Gasteiger partial charge on any atom is -0.361 e. The number of fused-ring (bicyclic) bond motifs is 2. The molecule has 0 saturated heterocycles. The number of benzene rings is 4. The highest BCUT2D eigenvalue weighted by atomic mass is 32.2. The summed E-state index contributed by atoms with van der Waals surface area (Å²) in [4.78, 5) is 19.2. The SMILES string of the molecule is Cc1ccc(S(=O)(=O)C2(c3c[nH]c4ccccc34)C(=O)N(Cc3ccccc3)c3ccc(F)cc32)cc1. The Balaban J connectivity index is 1.70. The Hall–Kier alpha value is -4.23. The molecule has 0 saturated carbocycles. The average molecular weight is 511 g/mol. The fourth-order valence-electron chi connectivity index (χ4n) is 5.28. The molecule has 5 nitrogen and oxygen atoms in total. The van der Waals surface area contributed by atoms with Crippen LogP contribution in [0.25, 0.3) is 10.9 Å². The Kier molecular flexibility index (Phi) is 5.28. The smallest absolute Gasteiger partial charge is 0.258 e. The minimum absolute atomic E-state index is 0.00602. The van der Waals surface area contributed by atoms with E-state index in [1.54, 1.807) is 30.5 Å². The van der Waals surface area contributed by atoms with E-state index >= 15 is 0 Å². The molecule has 7 heteroatoms. The molecule has 5 aromatic rings. The lowest BCUT2D eigenvalue weighted by Gasteiger charge is -2.29. The van der Waals surface area contributed by atoms with Gasteiger partial charge >= 0.3 is 0 Å². The van der Waals surface area contributed by atoms with Gasteiger partial charge < -0.3 is 9.88 Å². The molecular weight excluding hydrogens is 487 g/mol. The Bertz CT molecular complexity index is 1760. The highest BCUT2D eigenvalue weighted by molar-refractivity contribution is 7.93. The Morgan fingerprint density at radius 3 is 2.32 bits per heavy atom. The number of rotatable bonds is 5. The maximum atomic E-state index is 14.9. The second-order valence-corrected chi connectivity index (χ2v) is 11.4. The summed E-state index contributed by atoms with van der Waals surface area (Å²) in [5, 5.41) is 0.586. The van der Waals surface area contributed by atoms with Crippen molar-refractivity contribution >= 4 is 32.3 Å². The largest absolute Gasteiger partial charge is 0.361 e. The molecule has 0 radical (unpaired) electrons. The second kappa shape index (κ2) is 8.42. The summed E-state index contributed by atoms with van der Waals surface area (Å²) in [5.41, 5.74) is 3.15. The number of carbonyl (C=O) groups is 1. The fourth-order valence-corrected chi connectivity index (χ4v) is 7.38. The van der Waals surface area contributed by atoms with Gasteiger partial charge in [0.1, 0.15) is 5.82 Å². The third-order valence-electron chi connectivity index (χ3n) is 7.06. The molecule has 184 valence electrons. The first-order chi connectivity index (χ1) is 17.8. The summed E-state index contributed by atoms with van der Waals surface area (Å²) in [6, 6.07) is 26.9. The number of hydrogen-bond acceptors (Lipinski definition) is 3. The van der Waals surface area contributed by atoms with Crippen molar-refractivity contribution in [2.75, 3.05) is 4.90 Å². The van der Waals surface area contributed by atoms with Crippen molar-refractivity contribution in [1.29, 1.82) is 0 Å². The van der Waals surface area contributed by atoms with Gasteiger partial charge in [0, 0.05) is 33.9 Å². The van der Waals surface area contributed by atoms with Gasteiger partial charge in [-0.3, -0.25) is 4.79 Å². The number of aromatic nitrogens is 1. The van der Waals surface area contributed by atoms with Crippen molar-refractivity contribution in [3.05, 3.63) is 131 Å². The molecule has 6 rings (SSSR count). The number of halogens is 1. The highest BCUT2D eigenvalue weighted by Crippen LogP contribution is 2.53. The quantitative estimate of drug-likeness (QED) is 0.321. The van der Waals surface area contributed by atoms with Crippen LogP contribution in [0, 0.1) is 12.7 Å². The van der Waals surface area contributed by atoms with Gasteiger partial charge in [0.05, 0.1) is 11.4 Å². The van der Waals surface area contributed by atoms with Gasteiger partial charge in [-0.1, -0.05) is 66.2 Å². The Labute approximate surface area is 214 Å². The van der Waals surface area contributed by atoms with Gasteiger partial charge in [-0.15, -0.1) is 0 Å². The lowest BCUT2D eigenvalue weighted by molar-refractivity contribution is -0.119. The predicted octanol–water partition coefficient (Wildman–Crippen LogP) is 5.88. The van der Waals surface area contributed by atoms with E-state index in [-0.39, 0.29) is 22.6 Å². The summed E-state index contributed by atoms with van der Waals surface area (Å²) in [6.45, 7) is 2.00. The van der Waals surface area contributed by atoms with Gasteiger partial charge in [-0.05, 0) is 48.9 Å². The van der Waals surface area contributed by atoms with Gasteiger partial charge in [0.2, 0.25) is 14.6 Å². The zero-order valence-electron chi connectivity index (χ0n) is 20.0. The van der Waals surface area contributed by atoms with Crippen LogP contribution in [-0.4, -0.2) is 19.3 Å². The number of amides is 1. The van der Waals surface area contributed by atoms with Gasteiger partial charge in [-0.2, -0.15) is 0 Å². The van der Waals surface area contributed by atoms with E-state index in [0.29, 0.717) is 16.6 Å². The van der Waals surface area contributed by atoms with Crippen molar-refractivity contribution in [1.82, 2.24) is 4.98 Å². The van der Waals surface area contributed by atoms with Crippen LogP contribution in [0.1, 0.15) is 22.3 Å². The molecule has 0 spiro atoms. The molecule has 2 heterocycles. The summed E-state index contributed by atoms with van der Waals surface area (Å²) in [5.74, 6) is -1.25. The number of carbonyl (C=O) groups excluding carboxylic acids is 1. The van der Waals surface area contributed by atoms with Crippen molar-refractivity contribution in [2.45, 2.75) is 23.1 Å². The number of para-hydroxylation sites is 1. The maximum Gasteiger partial charge on any atom is 0.258 e. The lowest BCUT2D eigenvalue weighted by Crippen LogP contribution is -2.46. The molecule has 37 heavy (non-hydrogen) atoms. The summed E-state index contributed by atoms with van der Waals surface area (Å²) < 4.78 is 42.1. The first kappa shape index (κ1) is 23.2. The third kappa shape index (κ3) is 3.34. The molecule has 0 fully saturated rings. The number of anilines is 1. The van der Waals surface area contributed by atoms with Crippen molar-refractivity contribution < 1.29 is 17.6 Å². The molecule has 1 aliphatic heterocycles. The highest BCUT2D eigenvalue weighted by Gasteiger charge is 2.62. The molecular formula is C30H23FN2O3S. The number of nitrogens with zero attached hydrogens (tertiary/aromatic N) is 1. The third-order valence-corrected chi connectivity index (χ3v) is 9.37. The number of nitrogens with one attached hydrogen (secondary N) is 1. The van der Waals surface area contributed by atoms with Crippen molar-refractivity contribution in [3.63, 3.8) is 0 Å². The minimum atomic E-state index is -4.41. The van der Waals surface area contributed by atoms with Crippen LogP contribution in [-0.2, 0) is 25.9 Å². The molecule has 1 aromatic heterocycles. The van der Waals surface area contributed by atoms with Crippen molar-refractivity contribution in [2.24, 2.45) is 0 Å². The van der Waals surface area contributed by atoms with Gasteiger partial charge in [0.25, 0.3) is 5.91 Å². The molecule has 1 aliphatic rings. The number of H-pyrrole nitrogens is 1. The molecule has 1 amide bonds. The van der Waals surface area contributed by atoms with E-state index in [2.05, 4.69) is 4.98 Å². The molecule has 1 atom stereocenters. The lowest BCUT2D eigenvalue weighted by atomic mass is 9.91. The van der Waals surface area contributed by atoms with Crippen molar-refractivity contribution in [3.8, 4) is 0 Å². The number of aromatic amines is 1. The topological polar surface area (TPSA) is 70.2 Å². The maximum absolute atomic E-state index is 14.9. The van der Waals surface area contributed by atoms with Gasteiger partial charge in [0.15, 0.2) is 0 Å². The normalized spacial score (nSPS) is 17.4. The predicted molar refractivity (Wildman–Crippen MR) is 141 cm³/mol. The monoisotopic (exact) mass is 510 g/mol. The van der Waals surface area contributed by atoms with E-state index in [9.17, 15) is 17.6 Å². The zero-order chi connectivity index (χ0) is 25.8. The molecule has 0 aliphatic carbocycles. The van der Waals surface area contributed by atoms with Crippen LogP contribution in [0.3, 0.4) is 0 Å². The number of aryl methyl sites for hydroxylation is 1. The number of hydrogen-bond donors (Lipinski definition) is 1. The fraction of sp³-hybridized carbons (Fsp3) is 0.100. The summed E-state index contributed by atoms with van der Waals surface area (Å²) in [7, 11) is -4.41. The van der Waals surface area contributed by atoms with Gasteiger partial charge in [-0.25, -0.2) is 12.8 Å². The molecule has 1 N–H and O–H groups in total. The van der Waals surface area contributed by atoms with Crippen LogP contribution in [0.2, 0.25) is 0 Å². The standard InChI is InChI=1S/C30H23FN2O3S/c1-20-11-14-23(15-12-20)37(35,36)30(26-18-32-27-10-6-5-9-24(26)27)25-17-22(31)13-16-28(25)33(29(30)34)19-21-7-3-2-4-8-21/h2-18,32H,19H2,1H3. The van der Waals surface area contributed by atoms with E-state index in [1.165, 1.54) is 35.2 Å². The molecule has 4 aromatic carbocycles. The van der Waals surface area contributed by atoms with Crippen LogP contribution in [0.15, 0.2) is 108 Å². The number of sulfone groups is 1. The van der Waals surface area contributed by atoms with Crippen LogP contribution in [0.4, 0.5) is 10.1 Å². The van der Waals surface area contributed by atoms with Crippen LogP contribution in [0.5, 0.6) is 0 Å². The van der Waals surface area contributed by atoms with E-state index in [4.69, 9.17) is 0 Å². The molecule has 1 unspecified atom stereocenters. The Morgan fingerprint density at radius 2 is 1.57 bits per heavy atom. The van der Waals surface area contributed by atoms with E-state index in [1.807, 2.05) is 49.4 Å². The average Bonchev–Trinajstić information content (AvgIpc) is 3.42. The van der Waals surface area contributed by atoms with Crippen LogP contribution >= 0.6 is 0 Å². The first-order valence-corrected chi connectivity index (χ1v) is 13.4. The summed E-state index contributed by atoms with van der Waals surface area (Å²) in [6.07, 6.45) is 1.56. The van der Waals surface area contributed by atoms with E-state index in [0.717, 1.165) is 11.1 Å². The Morgan fingerprint density at radius 1 is 0.865 bits per heavy atom. The first-order valence-electron chi connectivity index (χ1n) is 11.9. The van der Waals surface area contributed by atoms with E-state index < -0.39 is 26.3 Å². The summed E-state index contributed by atoms with van der Waals surface area (Å²) >= 11 is 0.